The first kappa shape index (κ1) is 18.5. The van der Waals surface area contributed by atoms with Crippen LogP contribution in [0, 0.1) is 0 Å². The lowest BCUT2D eigenvalue weighted by atomic mass is 9.96. The molecule has 1 aromatic heterocycles. The molecule has 0 saturated heterocycles. The number of carbonyl (C=O) groups excluding carboxylic acids is 1. The number of aromatic hydroxyl groups is 1. The standard InChI is InChI=1S/C18H24N4O3/c1-18(2,3)16-19-9-13(10-20-16)21-17(24)22(4)11-12-6-7-15(25-5)14(23)8-12/h6-10,23H,11H2,1-5H3,(H,21,24). The molecule has 0 aliphatic heterocycles. The third-order valence-electron chi connectivity index (χ3n) is 3.58. The summed E-state index contributed by atoms with van der Waals surface area (Å²) in [4.78, 5) is 22.3. The zero-order chi connectivity index (χ0) is 18.6. The van der Waals surface area contributed by atoms with Crippen molar-refractivity contribution in [3.63, 3.8) is 0 Å². The van der Waals surface area contributed by atoms with Crippen LogP contribution in [-0.2, 0) is 12.0 Å². The molecule has 1 aromatic carbocycles. The first-order valence-electron chi connectivity index (χ1n) is 7.91. The Bertz CT molecular complexity index is 739. The number of urea groups is 1. The molecular weight excluding hydrogens is 320 g/mol. The summed E-state index contributed by atoms with van der Waals surface area (Å²) in [6.07, 6.45) is 3.19. The molecule has 25 heavy (non-hydrogen) atoms. The molecule has 0 aliphatic carbocycles. The van der Waals surface area contributed by atoms with Gasteiger partial charge in [0.1, 0.15) is 5.82 Å². The number of hydrogen-bond acceptors (Lipinski definition) is 5. The molecule has 2 N–H and O–H groups in total. The van der Waals surface area contributed by atoms with E-state index in [1.807, 2.05) is 20.8 Å². The Morgan fingerprint density at radius 3 is 2.44 bits per heavy atom. The van der Waals surface area contributed by atoms with Crippen LogP contribution in [-0.4, -0.2) is 40.2 Å². The first-order valence-corrected chi connectivity index (χ1v) is 7.91. The van der Waals surface area contributed by atoms with Crippen LogP contribution in [0.4, 0.5) is 10.5 Å². The van der Waals surface area contributed by atoms with Gasteiger partial charge in [0.25, 0.3) is 0 Å². The van der Waals surface area contributed by atoms with Gasteiger partial charge in [-0.3, -0.25) is 0 Å². The second kappa shape index (κ2) is 7.38. The van der Waals surface area contributed by atoms with Crippen molar-refractivity contribution in [3.05, 3.63) is 42.0 Å². The van der Waals surface area contributed by atoms with Gasteiger partial charge in [-0.05, 0) is 17.7 Å². The predicted octanol–water partition coefficient (Wildman–Crippen LogP) is 3.15. The van der Waals surface area contributed by atoms with Gasteiger partial charge in [0.15, 0.2) is 11.5 Å². The van der Waals surface area contributed by atoms with Gasteiger partial charge < -0.3 is 20.1 Å². The summed E-state index contributed by atoms with van der Waals surface area (Å²) in [5.74, 6) is 1.15. The lowest BCUT2D eigenvalue weighted by molar-refractivity contribution is 0.220. The van der Waals surface area contributed by atoms with Crippen LogP contribution in [0.25, 0.3) is 0 Å². The van der Waals surface area contributed by atoms with Gasteiger partial charge in [-0.15, -0.1) is 0 Å². The highest BCUT2D eigenvalue weighted by Crippen LogP contribution is 2.26. The molecule has 0 unspecified atom stereocenters. The molecule has 134 valence electrons. The number of ether oxygens (including phenoxy) is 1. The Labute approximate surface area is 147 Å². The van der Waals surface area contributed by atoms with E-state index in [0.717, 1.165) is 5.56 Å². The Morgan fingerprint density at radius 2 is 1.92 bits per heavy atom. The summed E-state index contributed by atoms with van der Waals surface area (Å²) in [5.41, 5.74) is 1.17. The highest BCUT2D eigenvalue weighted by Gasteiger charge is 2.17. The van der Waals surface area contributed by atoms with Gasteiger partial charge in [0.2, 0.25) is 0 Å². The second-order valence-electron chi connectivity index (χ2n) is 6.84. The van der Waals surface area contributed by atoms with Crippen molar-refractivity contribution in [2.75, 3.05) is 19.5 Å². The summed E-state index contributed by atoms with van der Waals surface area (Å²) >= 11 is 0. The van der Waals surface area contributed by atoms with Gasteiger partial charge in [-0.2, -0.15) is 0 Å². The molecule has 7 nitrogen and oxygen atoms in total. The summed E-state index contributed by atoms with van der Waals surface area (Å²) < 4.78 is 5.01. The van der Waals surface area contributed by atoms with E-state index in [0.29, 0.717) is 23.8 Å². The maximum atomic E-state index is 12.3. The number of methoxy groups -OCH3 is 1. The molecule has 0 atom stereocenters. The number of carbonyl (C=O) groups is 1. The summed E-state index contributed by atoms with van der Waals surface area (Å²) in [6, 6.07) is 4.74. The fourth-order valence-corrected chi connectivity index (χ4v) is 2.18. The molecule has 2 amide bonds. The largest absolute Gasteiger partial charge is 0.504 e. The molecule has 0 bridgehead atoms. The molecule has 0 spiro atoms. The number of aromatic nitrogens is 2. The maximum absolute atomic E-state index is 12.3. The summed E-state index contributed by atoms with van der Waals surface area (Å²) in [5, 5.41) is 12.6. The fraction of sp³-hybridized carbons (Fsp3) is 0.389. The average molecular weight is 344 g/mol. The monoisotopic (exact) mass is 344 g/mol. The minimum absolute atomic E-state index is 0.0416. The Balaban J connectivity index is 1.99. The average Bonchev–Trinajstić information content (AvgIpc) is 2.54. The van der Waals surface area contributed by atoms with E-state index in [4.69, 9.17) is 4.74 Å². The van der Waals surface area contributed by atoms with E-state index < -0.39 is 0 Å². The van der Waals surface area contributed by atoms with Gasteiger partial charge in [-0.25, -0.2) is 14.8 Å². The number of benzene rings is 1. The van der Waals surface area contributed by atoms with Crippen molar-refractivity contribution in [2.45, 2.75) is 32.7 Å². The number of hydrogen-bond donors (Lipinski definition) is 2. The lowest BCUT2D eigenvalue weighted by Crippen LogP contribution is -2.31. The predicted molar refractivity (Wildman–Crippen MR) is 95.9 cm³/mol. The van der Waals surface area contributed by atoms with E-state index in [-0.39, 0.29) is 17.2 Å². The second-order valence-corrected chi connectivity index (χ2v) is 6.84. The topological polar surface area (TPSA) is 87.6 Å². The van der Waals surface area contributed by atoms with Gasteiger partial charge >= 0.3 is 6.03 Å². The Morgan fingerprint density at radius 1 is 1.28 bits per heavy atom. The normalized spacial score (nSPS) is 11.1. The molecule has 1 heterocycles. The van der Waals surface area contributed by atoms with Crippen molar-refractivity contribution >= 4 is 11.7 Å². The summed E-state index contributed by atoms with van der Waals surface area (Å²) in [6.45, 7) is 6.42. The van der Waals surface area contributed by atoms with Crippen LogP contribution < -0.4 is 10.1 Å². The molecule has 0 saturated carbocycles. The maximum Gasteiger partial charge on any atom is 0.321 e. The molecular formula is C18H24N4O3. The SMILES string of the molecule is COc1ccc(CN(C)C(=O)Nc2cnc(C(C)(C)C)nc2)cc1O. The number of phenols is 1. The van der Waals surface area contributed by atoms with E-state index >= 15 is 0 Å². The molecule has 7 heteroatoms. The van der Waals surface area contributed by atoms with E-state index in [1.165, 1.54) is 12.0 Å². The van der Waals surface area contributed by atoms with Crippen molar-refractivity contribution in [3.8, 4) is 11.5 Å². The van der Waals surface area contributed by atoms with Crippen LogP contribution in [0.15, 0.2) is 30.6 Å². The van der Waals surface area contributed by atoms with Crippen molar-refractivity contribution in [1.82, 2.24) is 14.9 Å². The van der Waals surface area contributed by atoms with E-state index in [1.54, 1.807) is 37.6 Å². The lowest BCUT2D eigenvalue weighted by Gasteiger charge is -2.19. The minimum Gasteiger partial charge on any atom is -0.504 e. The van der Waals surface area contributed by atoms with Crippen LogP contribution >= 0.6 is 0 Å². The molecule has 2 aromatic rings. The highest BCUT2D eigenvalue weighted by atomic mass is 16.5. The molecule has 0 aliphatic rings. The number of nitrogens with zero attached hydrogens (tertiary/aromatic N) is 3. The number of phenolic OH excluding ortho intramolecular Hbond substituents is 1. The molecule has 0 radical (unpaired) electrons. The van der Waals surface area contributed by atoms with Crippen LogP contribution in [0.2, 0.25) is 0 Å². The smallest absolute Gasteiger partial charge is 0.321 e. The van der Waals surface area contributed by atoms with Gasteiger partial charge in [-0.1, -0.05) is 26.8 Å². The van der Waals surface area contributed by atoms with Crippen LogP contribution in [0.5, 0.6) is 11.5 Å². The van der Waals surface area contributed by atoms with Crippen LogP contribution in [0.1, 0.15) is 32.2 Å². The van der Waals surface area contributed by atoms with Crippen molar-refractivity contribution in [2.24, 2.45) is 0 Å². The summed E-state index contributed by atoms with van der Waals surface area (Å²) in [7, 11) is 3.16. The van der Waals surface area contributed by atoms with Crippen LogP contribution in [0.3, 0.4) is 0 Å². The first-order chi connectivity index (χ1) is 11.7. The zero-order valence-electron chi connectivity index (χ0n) is 15.2. The number of amides is 2. The zero-order valence-corrected chi connectivity index (χ0v) is 15.2. The van der Waals surface area contributed by atoms with Gasteiger partial charge in [0, 0.05) is 19.0 Å². The highest BCUT2D eigenvalue weighted by molar-refractivity contribution is 5.88. The van der Waals surface area contributed by atoms with E-state index in [2.05, 4.69) is 15.3 Å². The van der Waals surface area contributed by atoms with E-state index in [9.17, 15) is 9.90 Å². The third kappa shape index (κ3) is 4.82. The number of anilines is 1. The van der Waals surface area contributed by atoms with Crippen molar-refractivity contribution in [1.29, 1.82) is 0 Å². The fourth-order valence-electron chi connectivity index (χ4n) is 2.18. The third-order valence-corrected chi connectivity index (χ3v) is 3.58. The van der Waals surface area contributed by atoms with Gasteiger partial charge in [0.05, 0.1) is 25.2 Å². The molecule has 2 rings (SSSR count). The quantitative estimate of drug-likeness (QED) is 0.889. The number of rotatable bonds is 4. The Hall–Kier alpha value is -2.83. The molecule has 0 fully saturated rings. The number of nitrogens with one attached hydrogen (secondary N) is 1. The van der Waals surface area contributed by atoms with Crippen molar-refractivity contribution < 1.29 is 14.6 Å². The minimum atomic E-state index is -0.289. The Kier molecular flexibility index (Phi) is 5.46.